The molecular weight excluding hydrogens is 346 g/mol. The Balaban J connectivity index is 1.46. The molecule has 4 rings (SSSR count). The van der Waals surface area contributed by atoms with Crippen molar-refractivity contribution in [3.63, 3.8) is 0 Å². The number of ether oxygens (including phenoxy) is 1. The van der Waals surface area contributed by atoms with Crippen LogP contribution in [0.1, 0.15) is 24.1 Å². The predicted octanol–water partition coefficient (Wildman–Crippen LogP) is 4.72. The lowest BCUT2D eigenvalue weighted by Crippen LogP contribution is -2.38. The summed E-state index contributed by atoms with van der Waals surface area (Å²) in [7, 11) is 0. The number of hydrogen-bond donors (Lipinski definition) is 1. The van der Waals surface area contributed by atoms with E-state index in [4.69, 9.17) is 4.74 Å². The van der Waals surface area contributed by atoms with E-state index in [0.29, 0.717) is 13.2 Å². The molecule has 3 aromatic rings. The summed E-state index contributed by atoms with van der Waals surface area (Å²) in [6, 6.07) is 25.2. The number of fused-ring (bicyclic) bond motifs is 1. The standard InChI is InChI=1S/C25H27NO2/c1-19(22-14-7-12-21-11-5-6-13-23(21)22)26-16-8-15-25(24(27)17-26)28-18-20-9-3-2-4-10-20/h2-15,19,24-25,27H,16-18H2,1H3/t19-,24-,25-/m1/s1. The van der Waals surface area contributed by atoms with Crippen molar-refractivity contribution in [1.82, 2.24) is 4.90 Å². The van der Waals surface area contributed by atoms with Crippen molar-refractivity contribution in [2.45, 2.75) is 31.8 Å². The lowest BCUT2D eigenvalue weighted by atomic mass is 9.98. The fraction of sp³-hybridized carbons (Fsp3) is 0.280. The molecule has 0 saturated heterocycles. The Morgan fingerprint density at radius 3 is 2.61 bits per heavy atom. The molecule has 0 amide bonds. The zero-order chi connectivity index (χ0) is 19.3. The topological polar surface area (TPSA) is 32.7 Å². The van der Waals surface area contributed by atoms with Crippen LogP contribution in [0.5, 0.6) is 0 Å². The first-order valence-electron chi connectivity index (χ1n) is 9.94. The molecule has 0 unspecified atom stereocenters. The van der Waals surface area contributed by atoms with Crippen molar-refractivity contribution in [1.29, 1.82) is 0 Å². The third-order valence-electron chi connectivity index (χ3n) is 5.57. The quantitative estimate of drug-likeness (QED) is 0.657. The first-order chi connectivity index (χ1) is 13.7. The molecule has 0 spiro atoms. The van der Waals surface area contributed by atoms with Gasteiger partial charge in [-0.3, -0.25) is 4.90 Å². The van der Waals surface area contributed by atoms with E-state index < -0.39 is 6.10 Å². The van der Waals surface area contributed by atoms with Gasteiger partial charge in [-0.15, -0.1) is 0 Å². The summed E-state index contributed by atoms with van der Waals surface area (Å²) in [5.74, 6) is 0. The maximum atomic E-state index is 10.8. The molecule has 1 heterocycles. The zero-order valence-corrected chi connectivity index (χ0v) is 16.2. The highest BCUT2D eigenvalue weighted by molar-refractivity contribution is 5.86. The smallest absolute Gasteiger partial charge is 0.103 e. The monoisotopic (exact) mass is 373 g/mol. The molecule has 0 saturated carbocycles. The van der Waals surface area contributed by atoms with E-state index in [0.717, 1.165) is 12.1 Å². The summed E-state index contributed by atoms with van der Waals surface area (Å²) in [6.45, 7) is 4.10. The van der Waals surface area contributed by atoms with Crippen LogP contribution in [0.15, 0.2) is 84.9 Å². The zero-order valence-electron chi connectivity index (χ0n) is 16.2. The first-order valence-corrected chi connectivity index (χ1v) is 9.94. The maximum absolute atomic E-state index is 10.8. The van der Waals surface area contributed by atoms with Gasteiger partial charge in [-0.2, -0.15) is 0 Å². The molecular formula is C25H27NO2. The third kappa shape index (κ3) is 4.17. The molecule has 3 heteroatoms. The molecule has 0 bridgehead atoms. The van der Waals surface area contributed by atoms with Crippen LogP contribution in [0.4, 0.5) is 0 Å². The Kier molecular flexibility index (Phi) is 5.87. The number of benzene rings is 3. The predicted molar refractivity (Wildman–Crippen MR) is 114 cm³/mol. The van der Waals surface area contributed by atoms with Gasteiger partial charge in [-0.25, -0.2) is 0 Å². The van der Waals surface area contributed by atoms with E-state index in [2.05, 4.69) is 60.4 Å². The summed E-state index contributed by atoms with van der Waals surface area (Å²) >= 11 is 0. The minimum absolute atomic E-state index is 0.207. The molecule has 1 N–H and O–H groups in total. The van der Waals surface area contributed by atoms with E-state index in [1.54, 1.807) is 0 Å². The van der Waals surface area contributed by atoms with E-state index in [1.807, 2.05) is 36.4 Å². The average molecular weight is 373 g/mol. The Morgan fingerprint density at radius 1 is 1.00 bits per heavy atom. The highest BCUT2D eigenvalue weighted by Crippen LogP contribution is 2.29. The summed E-state index contributed by atoms with van der Waals surface area (Å²) < 4.78 is 6.00. The number of hydrogen-bond acceptors (Lipinski definition) is 3. The van der Waals surface area contributed by atoms with Crippen molar-refractivity contribution in [2.75, 3.05) is 13.1 Å². The first kappa shape index (κ1) is 18.9. The Labute approximate surface area is 166 Å². The molecule has 1 aliphatic rings. The molecule has 0 aliphatic carbocycles. The van der Waals surface area contributed by atoms with Gasteiger partial charge in [-0.05, 0) is 28.8 Å². The van der Waals surface area contributed by atoms with Crippen molar-refractivity contribution < 1.29 is 9.84 Å². The van der Waals surface area contributed by atoms with Crippen molar-refractivity contribution in [3.8, 4) is 0 Å². The minimum atomic E-state index is -0.556. The van der Waals surface area contributed by atoms with Gasteiger partial charge in [0.05, 0.1) is 12.7 Å². The third-order valence-corrected chi connectivity index (χ3v) is 5.57. The highest BCUT2D eigenvalue weighted by atomic mass is 16.5. The number of nitrogens with zero attached hydrogens (tertiary/aromatic N) is 1. The van der Waals surface area contributed by atoms with Crippen LogP contribution in [0.3, 0.4) is 0 Å². The molecule has 3 atom stereocenters. The number of β-amino-alcohol motifs (C(OH)–C–C–N with tert-alkyl or cyclic N) is 1. The van der Waals surface area contributed by atoms with Gasteiger partial charge in [0.15, 0.2) is 0 Å². The van der Waals surface area contributed by atoms with Crippen LogP contribution < -0.4 is 0 Å². The lowest BCUT2D eigenvalue weighted by Gasteiger charge is -2.31. The van der Waals surface area contributed by atoms with Crippen LogP contribution in [0.25, 0.3) is 10.8 Å². The number of rotatable bonds is 5. The Morgan fingerprint density at radius 2 is 1.75 bits per heavy atom. The Hall–Kier alpha value is -2.46. The number of aliphatic hydroxyl groups is 1. The fourth-order valence-corrected chi connectivity index (χ4v) is 3.94. The van der Waals surface area contributed by atoms with Crippen LogP contribution >= 0.6 is 0 Å². The molecule has 0 radical (unpaired) electrons. The van der Waals surface area contributed by atoms with E-state index in [-0.39, 0.29) is 12.1 Å². The van der Waals surface area contributed by atoms with Gasteiger partial charge in [-0.1, -0.05) is 84.9 Å². The molecule has 0 aromatic heterocycles. The summed E-state index contributed by atoms with van der Waals surface area (Å²) in [6.07, 6.45) is 3.28. The van der Waals surface area contributed by atoms with Crippen molar-refractivity contribution in [3.05, 3.63) is 96.1 Å². The van der Waals surface area contributed by atoms with Crippen molar-refractivity contribution in [2.24, 2.45) is 0 Å². The van der Waals surface area contributed by atoms with Crippen LogP contribution in [-0.4, -0.2) is 35.3 Å². The van der Waals surface area contributed by atoms with Gasteiger partial charge in [0, 0.05) is 19.1 Å². The molecule has 1 aliphatic heterocycles. The summed E-state index contributed by atoms with van der Waals surface area (Å²) in [4.78, 5) is 2.31. The second-order valence-corrected chi connectivity index (χ2v) is 7.45. The molecule has 0 fully saturated rings. The lowest BCUT2D eigenvalue weighted by molar-refractivity contribution is -0.0311. The van der Waals surface area contributed by atoms with Gasteiger partial charge in [0.2, 0.25) is 0 Å². The second kappa shape index (κ2) is 8.70. The number of aliphatic hydroxyl groups excluding tert-OH is 1. The highest BCUT2D eigenvalue weighted by Gasteiger charge is 2.26. The second-order valence-electron chi connectivity index (χ2n) is 7.45. The summed E-state index contributed by atoms with van der Waals surface area (Å²) in [5, 5.41) is 13.3. The fourth-order valence-electron chi connectivity index (χ4n) is 3.94. The largest absolute Gasteiger partial charge is 0.389 e. The summed E-state index contributed by atoms with van der Waals surface area (Å²) in [5.41, 5.74) is 2.41. The van der Waals surface area contributed by atoms with Crippen molar-refractivity contribution >= 4 is 10.8 Å². The van der Waals surface area contributed by atoms with Crippen LogP contribution in [0, 0.1) is 0 Å². The van der Waals surface area contributed by atoms with Gasteiger partial charge < -0.3 is 9.84 Å². The van der Waals surface area contributed by atoms with Gasteiger partial charge >= 0.3 is 0 Å². The maximum Gasteiger partial charge on any atom is 0.103 e. The van der Waals surface area contributed by atoms with E-state index in [9.17, 15) is 5.11 Å². The molecule has 144 valence electrons. The van der Waals surface area contributed by atoms with E-state index in [1.165, 1.54) is 16.3 Å². The van der Waals surface area contributed by atoms with Crippen LogP contribution in [-0.2, 0) is 11.3 Å². The molecule has 28 heavy (non-hydrogen) atoms. The minimum Gasteiger partial charge on any atom is -0.389 e. The normalized spacial score (nSPS) is 21.5. The molecule has 3 nitrogen and oxygen atoms in total. The van der Waals surface area contributed by atoms with Crippen LogP contribution in [0.2, 0.25) is 0 Å². The van der Waals surface area contributed by atoms with Gasteiger partial charge in [0.1, 0.15) is 6.10 Å². The average Bonchev–Trinajstić information content (AvgIpc) is 2.93. The SMILES string of the molecule is C[C@H](c1cccc2ccccc12)N1CC=C[C@@H](OCc2ccccc2)[C@H](O)C1. The Bertz CT molecular complexity index is 932. The van der Waals surface area contributed by atoms with E-state index >= 15 is 0 Å². The molecule has 3 aromatic carbocycles. The van der Waals surface area contributed by atoms with Gasteiger partial charge in [0.25, 0.3) is 0 Å².